The summed E-state index contributed by atoms with van der Waals surface area (Å²) in [5, 5.41) is 12.4. The summed E-state index contributed by atoms with van der Waals surface area (Å²) < 4.78 is 0. The van der Waals surface area contributed by atoms with E-state index >= 15 is 0 Å². The van der Waals surface area contributed by atoms with E-state index in [9.17, 15) is 9.90 Å². The highest BCUT2D eigenvalue weighted by molar-refractivity contribution is 5.96. The van der Waals surface area contributed by atoms with Crippen LogP contribution in [0.5, 0.6) is 5.75 Å². The molecular weight excluding hydrogens is 212 g/mol. The second-order valence-corrected chi connectivity index (χ2v) is 2.87. The molecule has 0 atom stereocenters. The van der Waals surface area contributed by atoms with Crippen LogP contribution < -0.4 is 28.2 Å². The van der Waals surface area contributed by atoms with E-state index in [0.717, 1.165) is 0 Å². The number of carbonyl (C=O) groups excluding carboxylic acids is 1. The largest absolute Gasteiger partial charge is 0.506 e. The number of phenols is 1. The lowest BCUT2D eigenvalue weighted by molar-refractivity contribution is 0.0943. The van der Waals surface area contributed by atoms with E-state index in [4.69, 9.17) is 17.3 Å². The van der Waals surface area contributed by atoms with Crippen molar-refractivity contribution in [2.75, 3.05) is 5.73 Å². The molecule has 0 radical (unpaired) electrons. The number of hydrogen-bond acceptors (Lipinski definition) is 5. The van der Waals surface area contributed by atoms with Gasteiger partial charge in [-0.05, 0) is 18.2 Å². The van der Waals surface area contributed by atoms with Gasteiger partial charge in [-0.3, -0.25) is 15.6 Å². The molecule has 1 amide bonds. The number of hydrogen-bond donors (Lipinski definition) is 6. The molecule has 8 nitrogen and oxygen atoms in total. The zero-order chi connectivity index (χ0) is 12.1. The molecule has 0 bridgehead atoms. The summed E-state index contributed by atoms with van der Waals surface area (Å²) in [5.74, 6) is 4.00. The molecule has 9 N–H and O–H groups in total. The Morgan fingerprint density at radius 2 is 2.06 bits per heavy atom. The fourth-order valence-corrected chi connectivity index (χ4v) is 0.910. The molecule has 1 rings (SSSR count). The highest BCUT2D eigenvalue weighted by Crippen LogP contribution is 2.20. The van der Waals surface area contributed by atoms with E-state index < -0.39 is 5.91 Å². The standard InChI is InChI=1S/C8H12N6O2/c9-5-2-1-4(3-6(5)15)7(16)13-14-8(10)12-11/h1-3,15H,9,11H2,(H,13,16)(H3,10,12,14). The number of nitrogens with zero attached hydrogens (tertiary/aromatic N) is 1. The number of hydrazone groups is 1. The van der Waals surface area contributed by atoms with Gasteiger partial charge in [-0.1, -0.05) is 0 Å². The molecule has 0 fully saturated rings. The van der Waals surface area contributed by atoms with Crippen LogP contribution in [0.1, 0.15) is 10.4 Å². The Morgan fingerprint density at radius 3 is 2.62 bits per heavy atom. The number of anilines is 1. The van der Waals surface area contributed by atoms with Gasteiger partial charge in [-0.2, -0.15) is 0 Å². The number of hydrazine groups is 1. The summed E-state index contributed by atoms with van der Waals surface area (Å²) in [7, 11) is 0. The minimum atomic E-state index is -0.512. The lowest BCUT2D eigenvalue weighted by atomic mass is 10.2. The van der Waals surface area contributed by atoms with Gasteiger partial charge in [-0.25, -0.2) is 0 Å². The van der Waals surface area contributed by atoms with Crippen molar-refractivity contribution in [2.24, 2.45) is 16.7 Å². The lowest BCUT2D eigenvalue weighted by Gasteiger charge is -2.07. The van der Waals surface area contributed by atoms with Gasteiger partial charge in [0.05, 0.1) is 5.69 Å². The van der Waals surface area contributed by atoms with Crippen LogP contribution in [0.4, 0.5) is 5.69 Å². The molecule has 0 aliphatic heterocycles. The maximum Gasteiger partial charge on any atom is 0.269 e. The SMILES string of the molecule is NN=C(N)NNC(=O)c1ccc(N)c(O)c1. The lowest BCUT2D eigenvalue weighted by Crippen LogP contribution is -2.46. The molecule has 0 unspecified atom stereocenters. The number of rotatable bonds is 1. The van der Waals surface area contributed by atoms with Crippen LogP contribution in [0.2, 0.25) is 0 Å². The van der Waals surface area contributed by atoms with Gasteiger partial charge >= 0.3 is 0 Å². The summed E-state index contributed by atoms with van der Waals surface area (Å²) in [6.07, 6.45) is 0. The minimum Gasteiger partial charge on any atom is -0.506 e. The zero-order valence-corrected chi connectivity index (χ0v) is 8.27. The third-order valence-corrected chi connectivity index (χ3v) is 1.74. The number of guanidine groups is 1. The van der Waals surface area contributed by atoms with Crippen molar-refractivity contribution >= 4 is 17.6 Å². The van der Waals surface area contributed by atoms with Crippen LogP contribution in [0.3, 0.4) is 0 Å². The molecule has 0 saturated heterocycles. The number of nitrogens with one attached hydrogen (secondary N) is 2. The van der Waals surface area contributed by atoms with Gasteiger partial charge in [0.1, 0.15) is 5.75 Å². The molecule has 1 aromatic rings. The maximum atomic E-state index is 11.5. The first kappa shape index (κ1) is 11.4. The summed E-state index contributed by atoms with van der Waals surface area (Å²) in [5.41, 5.74) is 15.4. The number of carbonyl (C=O) groups is 1. The monoisotopic (exact) mass is 224 g/mol. The smallest absolute Gasteiger partial charge is 0.269 e. The molecule has 16 heavy (non-hydrogen) atoms. The van der Waals surface area contributed by atoms with Crippen molar-refractivity contribution < 1.29 is 9.90 Å². The van der Waals surface area contributed by atoms with Crippen LogP contribution in [0, 0.1) is 0 Å². The Bertz CT molecular complexity index is 431. The fourth-order valence-electron chi connectivity index (χ4n) is 0.910. The van der Waals surface area contributed by atoms with Gasteiger partial charge in [0.15, 0.2) is 0 Å². The normalized spacial score (nSPS) is 10.9. The minimum absolute atomic E-state index is 0.145. The zero-order valence-electron chi connectivity index (χ0n) is 8.27. The van der Waals surface area contributed by atoms with Crippen molar-refractivity contribution in [3.8, 4) is 5.75 Å². The number of aromatic hydroxyl groups is 1. The third kappa shape index (κ3) is 2.67. The fraction of sp³-hybridized carbons (Fsp3) is 0. The van der Waals surface area contributed by atoms with Gasteiger partial charge in [0, 0.05) is 5.56 Å². The van der Waals surface area contributed by atoms with Crippen molar-refractivity contribution in [2.45, 2.75) is 0 Å². The molecule has 86 valence electrons. The summed E-state index contributed by atoms with van der Waals surface area (Å²) in [4.78, 5) is 11.5. The molecule has 0 spiro atoms. The number of nitrogens with two attached hydrogens (primary N) is 3. The number of benzene rings is 1. The third-order valence-electron chi connectivity index (χ3n) is 1.74. The topological polar surface area (TPSA) is 152 Å². The summed E-state index contributed by atoms with van der Waals surface area (Å²) >= 11 is 0. The molecule has 0 saturated carbocycles. The highest BCUT2D eigenvalue weighted by Gasteiger charge is 2.07. The number of phenolic OH excluding ortho intramolecular Hbond substituents is 1. The maximum absolute atomic E-state index is 11.5. The average molecular weight is 224 g/mol. The molecule has 0 aliphatic carbocycles. The number of amides is 1. The van der Waals surface area contributed by atoms with E-state index in [1.165, 1.54) is 18.2 Å². The van der Waals surface area contributed by atoms with Crippen LogP contribution in [0.15, 0.2) is 23.3 Å². The van der Waals surface area contributed by atoms with Crippen molar-refractivity contribution in [3.05, 3.63) is 23.8 Å². The molecular formula is C8H12N6O2. The Morgan fingerprint density at radius 1 is 1.38 bits per heavy atom. The Kier molecular flexibility index (Phi) is 3.38. The Balaban J connectivity index is 2.70. The molecule has 8 heteroatoms. The first-order valence-electron chi connectivity index (χ1n) is 4.22. The Labute approximate surface area is 91.1 Å². The first-order chi connectivity index (χ1) is 7.54. The van der Waals surface area contributed by atoms with E-state index in [-0.39, 0.29) is 23.0 Å². The predicted octanol–water partition coefficient (Wildman–Crippen LogP) is -1.60. The predicted molar refractivity (Wildman–Crippen MR) is 58.9 cm³/mol. The van der Waals surface area contributed by atoms with Gasteiger partial charge in [-0.15, -0.1) is 5.10 Å². The Hall–Kier alpha value is -2.64. The van der Waals surface area contributed by atoms with Gasteiger partial charge in [0.25, 0.3) is 5.91 Å². The molecule has 0 heterocycles. The van der Waals surface area contributed by atoms with Crippen LogP contribution in [-0.2, 0) is 0 Å². The van der Waals surface area contributed by atoms with Crippen LogP contribution in [0.25, 0.3) is 0 Å². The molecule has 1 aromatic carbocycles. The summed E-state index contributed by atoms with van der Waals surface area (Å²) in [6, 6.07) is 4.08. The van der Waals surface area contributed by atoms with Crippen molar-refractivity contribution in [1.82, 2.24) is 10.9 Å². The molecule has 0 aromatic heterocycles. The van der Waals surface area contributed by atoms with Gasteiger partial charge in [0.2, 0.25) is 5.96 Å². The second kappa shape index (κ2) is 4.73. The highest BCUT2D eigenvalue weighted by atomic mass is 16.3. The first-order valence-corrected chi connectivity index (χ1v) is 4.22. The second-order valence-electron chi connectivity index (χ2n) is 2.87. The quantitative estimate of drug-likeness (QED) is 0.0843. The number of nitrogen functional groups attached to an aromatic ring is 1. The summed E-state index contributed by atoms with van der Waals surface area (Å²) in [6.45, 7) is 0. The van der Waals surface area contributed by atoms with E-state index in [1.807, 2.05) is 0 Å². The van der Waals surface area contributed by atoms with E-state index in [0.29, 0.717) is 0 Å². The van der Waals surface area contributed by atoms with E-state index in [1.54, 1.807) is 0 Å². The van der Waals surface area contributed by atoms with Gasteiger partial charge < -0.3 is 22.4 Å². The van der Waals surface area contributed by atoms with Crippen molar-refractivity contribution in [1.29, 1.82) is 0 Å². The average Bonchev–Trinajstić information content (AvgIpc) is 2.29. The van der Waals surface area contributed by atoms with E-state index in [2.05, 4.69) is 16.0 Å². The van der Waals surface area contributed by atoms with Crippen molar-refractivity contribution in [3.63, 3.8) is 0 Å². The van der Waals surface area contributed by atoms with Crippen LogP contribution >= 0.6 is 0 Å². The van der Waals surface area contributed by atoms with Crippen LogP contribution in [-0.4, -0.2) is 17.0 Å². The molecule has 0 aliphatic rings.